The second-order valence-electron chi connectivity index (χ2n) is 3.78. The molecule has 3 aromatic rings. The molecule has 0 bridgehead atoms. The van der Waals surface area contributed by atoms with Gasteiger partial charge in [-0.2, -0.15) is 0 Å². The lowest BCUT2D eigenvalue weighted by Crippen LogP contribution is -1.84. The molecule has 82 valence electrons. The molecule has 3 rings (SSSR count). The van der Waals surface area contributed by atoms with Gasteiger partial charge in [0.15, 0.2) is 0 Å². The maximum Gasteiger partial charge on any atom is 0.294 e. The summed E-state index contributed by atoms with van der Waals surface area (Å²) >= 11 is 0. The average Bonchev–Trinajstić information content (AvgIpc) is 2.38. The Labute approximate surface area is 98.9 Å². The van der Waals surface area contributed by atoms with Crippen molar-refractivity contribution < 1.29 is 4.92 Å². The Hall–Kier alpha value is -1.99. The van der Waals surface area contributed by atoms with Crippen LogP contribution < -0.4 is 0 Å². The van der Waals surface area contributed by atoms with E-state index >= 15 is 0 Å². The van der Waals surface area contributed by atoms with E-state index in [0.29, 0.717) is 8.19 Å². The molecule has 1 heterocycles. The third kappa shape index (κ3) is 1.65. The molecule has 0 aliphatic carbocycles. The minimum Gasteiger partial charge on any atom is -0.258 e. The number of hydrogen-bond acceptors (Lipinski definition) is 2. The summed E-state index contributed by atoms with van der Waals surface area (Å²) in [5.74, 6) is 0. The Balaban J connectivity index is 2.41. The molecule has 0 unspecified atom stereocenters. The normalized spacial score (nSPS) is 11.3. The second kappa shape index (κ2) is 3.79. The largest absolute Gasteiger partial charge is 0.294 e. The molecule has 0 atom stereocenters. The van der Waals surface area contributed by atoms with E-state index in [0.717, 1.165) is 21.3 Å². The Morgan fingerprint density at radius 2 is 1.76 bits per heavy atom. The zero-order chi connectivity index (χ0) is 11.8. The van der Waals surface area contributed by atoms with Crippen LogP contribution in [-0.2, 0) is 0 Å². The SMILES string of the molecule is O=[N+]([O-])c1ccc2c(ccc3ccccc32)p1. The molecule has 0 amide bonds. The Bertz CT molecular complexity index is 740. The van der Waals surface area contributed by atoms with Gasteiger partial charge in [-0.15, -0.1) is 0 Å². The molecule has 0 saturated heterocycles. The fourth-order valence-corrected chi connectivity index (χ4v) is 2.92. The van der Waals surface area contributed by atoms with Gasteiger partial charge in [0.25, 0.3) is 5.42 Å². The van der Waals surface area contributed by atoms with Crippen molar-refractivity contribution in [2.75, 3.05) is 0 Å². The summed E-state index contributed by atoms with van der Waals surface area (Å²) in [7, 11) is 0.675. The molecule has 0 aliphatic rings. The molecule has 0 N–H and O–H groups in total. The minimum absolute atomic E-state index is 0.229. The van der Waals surface area contributed by atoms with Gasteiger partial charge in [0.05, 0.1) is 4.92 Å². The van der Waals surface area contributed by atoms with Crippen LogP contribution in [0.15, 0.2) is 48.5 Å². The van der Waals surface area contributed by atoms with Gasteiger partial charge >= 0.3 is 0 Å². The van der Waals surface area contributed by atoms with Crippen LogP contribution in [0.4, 0.5) is 5.42 Å². The summed E-state index contributed by atoms with van der Waals surface area (Å²) in [6.07, 6.45) is 0. The molecule has 0 spiro atoms. The summed E-state index contributed by atoms with van der Waals surface area (Å²) in [5, 5.41) is 15.1. The summed E-state index contributed by atoms with van der Waals surface area (Å²) in [5.41, 5.74) is 0.229. The van der Waals surface area contributed by atoms with Gasteiger partial charge in [-0.1, -0.05) is 30.3 Å². The number of nitro groups is 1. The zero-order valence-electron chi connectivity index (χ0n) is 8.83. The van der Waals surface area contributed by atoms with Crippen molar-refractivity contribution in [2.24, 2.45) is 0 Å². The van der Waals surface area contributed by atoms with Crippen molar-refractivity contribution in [1.29, 1.82) is 0 Å². The lowest BCUT2D eigenvalue weighted by molar-refractivity contribution is -0.380. The van der Waals surface area contributed by atoms with Crippen LogP contribution in [0.5, 0.6) is 0 Å². The summed E-state index contributed by atoms with van der Waals surface area (Å²) < 4.78 is 0. The first-order valence-electron chi connectivity index (χ1n) is 5.18. The topological polar surface area (TPSA) is 43.1 Å². The van der Waals surface area contributed by atoms with Gasteiger partial charge in [-0.3, -0.25) is 10.1 Å². The first kappa shape index (κ1) is 10.2. The van der Waals surface area contributed by atoms with Crippen LogP contribution in [0.1, 0.15) is 0 Å². The Morgan fingerprint density at radius 1 is 0.941 bits per heavy atom. The second-order valence-corrected chi connectivity index (χ2v) is 4.94. The first-order valence-corrected chi connectivity index (χ1v) is 6.08. The summed E-state index contributed by atoms with van der Waals surface area (Å²) in [6, 6.07) is 15.5. The standard InChI is InChI=1S/C13H8NO2P/c15-14(16)13-8-6-11-10-4-2-1-3-9(10)5-7-12(11)17-13/h1-8H. The molecule has 2 aromatic carbocycles. The number of benzene rings is 2. The molecule has 0 fully saturated rings. The van der Waals surface area contributed by atoms with Gasteiger partial charge in [0.1, 0.15) is 0 Å². The minimum atomic E-state index is -0.323. The fourth-order valence-electron chi connectivity index (χ4n) is 1.98. The number of nitrogens with zero attached hydrogens (tertiary/aromatic N) is 1. The highest BCUT2D eigenvalue weighted by Crippen LogP contribution is 2.35. The van der Waals surface area contributed by atoms with E-state index in [1.54, 1.807) is 6.07 Å². The molecule has 0 radical (unpaired) electrons. The maximum atomic E-state index is 10.7. The van der Waals surface area contributed by atoms with Crippen LogP contribution in [0.25, 0.3) is 21.3 Å². The van der Waals surface area contributed by atoms with E-state index in [4.69, 9.17) is 0 Å². The fraction of sp³-hybridized carbons (Fsp3) is 0. The van der Waals surface area contributed by atoms with E-state index in [2.05, 4.69) is 0 Å². The van der Waals surface area contributed by atoms with E-state index in [1.165, 1.54) is 0 Å². The molecule has 0 aliphatic heterocycles. The molecule has 0 saturated carbocycles. The van der Waals surface area contributed by atoms with Crippen LogP contribution in [0.3, 0.4) is 0 Å². The third-order valence-electron chi connectivity index (χ3n) is 2.77. The molecule has 4 heteroatoms. The number of rotatable bonds is 1. The summed E-state index contributed by atoms with van der Waals surface area (Å²) in [4.78, 5) is 10.4. The highest BCUT2D eigenvalue weighted by Gasteiger charge is 2.08. The lowest BCUT2D eigenvalue weighted by atomic mass is 10.1. The lowest BCUT2D eigenvalue weighted by Gasteiger charge is -2.02. The molecule has 3 nitrogen and oxygen atoms in total. The van der Waals surface area contributed by atoms with Crippen LogP contribution in [-0.4, -0.2) is 4.92 Å². The van der Waals surface area contributed by atoms with E-state index in [9.17, 15) is 10.1 Å². The Morgan fingerprint density at radius 3 is 2.59 bits per heavy atom. The van der Waals surface area contributed by atoms with Gasteiger partial charge in [0.2, 0.25) is 0 Å². The van der Waals surface area contributed by atoms with Crippen LogP contribution in [0.2, 0.25) is 0 Å². The molecule has 17 heavy (non-hydrogen) atoms. The van der Waals surface area contributed by atoms with Crippen molar-refractivity contribution >= 4 is 34.9 Å². The van der Waals surface area contributed by atoms with Gasteiger partial charge in [-0.25, -0.2) is 0 Å². The van der Waals surface area contributed by atoms with Crippen molar-refractivity contribution in [3.8, 4) is 0 Å². The summed E-state index contributed by atoms with van der Waals surface area (Å²) in [6.45, 7) is 0. The van der Waals surface area contributed by atoms with Crippen LogP contribution >= 0.6 is 8.19 Å². The van der Waals surface area contributed by atoms with Crippen molar-refractivity contribution in [1.82, 2.24) is 0 Å². The predicted octanol–water partition coefficient (Wildman–Crippen LogP) is 4.48. The quantitative estimate of drug-likeness (QED) is 0.358. The van der Waals surface area contributed by atoms with Crippen LogP contribution in [0, 0.1) is 10.1 Å². The van der Waals surface area contributed by atoms with Crippen molar-refractivity contribution in [3.63, 3.8) is 0 Å². The smallest absolute Gasteiger partial charge is 0.258 e. The van der Waals surface area contributed by atoms with Crippen molar-refractivity contribution in [3.05, 3.63) is 58.6 Å². The van der Waals surface area contributed by atoms with E-state index in [1.807, 2.05) is 42.5 Å². The van der Waals surface area contributed by atoms with Crippen molar-refractivity contribution in [2.45, 2.75) is 0 Å². The molecular formula is C13H8NO2P. The maximum absolute atomic E-state index is 10.7. The van der Waals surface area contributed by atoms with Gasteiger partial charge < -0.3 is 0 Å². The highest BCUT2D eigenvalue weighted by molar-refractivity contribution is 7.40. The Kier molecular flexibility index (Phi) is 2.27. The third-order valence-corrected chi connectivity index (χ3v) is 3.94. The molecular weight excluding hydrogens is 233 g/mol. The van der Waals surface area contributed by atoms with Gasteiger partial charge in [-0.05, 0) is 28.3 Å². The highest BCUT2D eigenvalue weighted by atomic mass is 31.0. The number of hydrogen-bond donors (Lipinski definition) is 0. The average molecular weight is 241 g/mol. The van der Waals surface area contributed by atoms with E-state index < -0.39 is 0 Å². The predicted molar refractivity (Wildman–Crippen MR) is 70.6 cm³/mol. The molecule has 1 aromatic heterocycles. The number of fused-ring (bicyclic) bond motifs is 3. The van der Waals surface area contributed by atoms with E-state index in [-0.39, 0.29) is 10.3 Å². The monoisotopic (exact) mass is 241 g/mol. The first-order chi connectivity index (χ1) is 8.25. The van der Waals surface area contributed by atoms with Gasteiger partial charge in [0, 0.05) is 19.4 Å². The zero-order valence-corrected chi connectivity index (χ0v) is 9.72.